The van der Waals surface area contributed by atoms with Gasteiger partial charge in [0.1, 0.15) is 10.7 Å². The first-order chi connectivity index (χ1) is 9.95. The van der Waals surface area contributed by atoms with Gasteiger partial charge in [0.15, 0.2) is 0 Å². The molecule has 4 nitrogen and oxygen atoms in total. The molecule has 5 heteroatoms. The van der Waals surface area contributed by atoms with Crippen LogP contribution in [0.5, 0.6) is 0 Å². The highest BCUT2D eigenvalue weighted by atomic mass is 32.1. The van der Waals surface area contributed by atoms with Crippen molar-refractivity contribution in [1.82, 2.24) is 15.3 Å². The quantitative estimate of drug-likeness (QED) is 0.915. The Balaban J connectivity index is 2.07. The van der Waals surface area contributed by atoms with Gasteiger partial charge in [-0.3, -0.25) is 4.79 Å². The molecule has 0 fully saturated rings. The molecule has 114 valence electrons. The van der Waals surface area contributed by atoms with Crippen LogP contribution < -0.4 is 10.9 Å². The van der Waals surface area contributed by atoms with E-state index in [2.05, 4.69) is 31.1 Å². The molecule has 2 atom stereocenters. The maximum Gasteiger partial charge on any atom is 0.259 e. The fraction of sp³-hybridized carbons (Fsp3) is 0.625. The number of fused-ring (bicyclic) bond motifs is 3. The normalized spacial score (nSPS) is 20.0. The predicted molar refractivity (Wildman–Crippen MR) is 88.1 cm³/mol. The van der Waals surface area contributed by atoms with Crippen LogP contribution in [0.3, 0.4) is 0 Å². The number of aromatic amines is 1. The minimum atomic E-state index is 0.0273. The molecular weight excluding hydrogens is 282 g/mol. The summed E-state index contributed by atoms with van der Waals surface area (Å²) in [7, 11) is 0. The number of nitrogens with one attached hydrogen (secondary N) is 2. The van der Waals surface area contributed by atoms with Crippen LogP contribution in [0, 0.1) is 5.92 Å². The third-order valence-electron chi connectivity index (χ3n) is 4.18. The third kappa shape index (κ3) is 2.77. The average molecular weight is 305 g/mol. The lowest BCUT2D eigenvalue weighted by Gasteiger charge is -2.17. The van der Waals surface area contributed by atoms with Crippen molar-refractivity contribution in [3.05, 3.63) is 26.6 Å². The highest BCUT2D eigenvalue weighted by Crippen LogP contribution is 2.35. The molecule has 0 saturated carbocycles. The van der Waals surface area contributed by atoms with Crippen LogP contribution in [0.1, 0.15) is 56.4 Å². The smallest absolute Gasteiger partial charge is 0.259 e. The van der Waals surface area contributed by atoms with Gasteiger partial charge in [-0.1, -0.05) is 20.8 Å². The van der Waals surface area contributed by atoms with Gasteiger partial charge >= 0.3 is 0 Å². The molecule has 0 spiro atoms. The molecule has 1 aliphatic carbocycles. The molecule has 2 aromatic rings. The van der Waals surface area contributed by atoms with Crippen LogP contribution in [0.25, 0.3) is 10.2 Å². The Morgan fingerprint density at radius 2 is 2.14 bits per heavy atom. The predicted octanol–water partition coefficient (Wildman–Crippen LogP) is 3.17. The van der Waals surface area contributed by atoms with E-state index in [0.29, 0.717) is 12.0 Å². The fourth-order valence-corrected chi connectivity index (χ4v) is 4.54. The molecule has 1 aliphatic rings. The van der Waals surface area contributed by atoms with Gasteiger partial charge in [-0.05, 0) is 37.7 Å². The SMILES string of the molecule is CC(C)N[C@@H](C)c1nc2sc3c(c2c(=O)[nH]1)CC[C@H](C)C3. The number of hydrogen-bond donors (Lipinski definition) is 2. The van der Waals surface area contributed by atoms with Crippen molar-refractivity contribution in [2.45, 2.75) is 59.0 Å². The van der Waals surface area contributed by atoms with E-state index in [4.69, 9.17) is 4.98 Å². The number of H-pyrrole nitrogens is 1. The van der Waals surface area contributed by atoms with Gasteiger partial charge in [0.2, 0.25) is 0 Å². The third-order valence-corrected chi connectivity index (χ3v) is 5.33. The zero-order chi connectivity index (χ0) is 15.1. The van der Waals surface area contributed by atoms with Gasteiger partial charge in [-0.25, -0.2) is 4.98 Å². The van der Waals surface area contributed by atoms with E-state index in [1.165, 1.54) is 16.9 Å². The summed E-state index contributed by atoms with van der Waals surface area (Å²) in [5.74, 6) is 1.46. The average Bonchev–Trinajstić information content (AvgIpc) is 2.75. The molecule has 21 heavy (non-hydrogen) atoms. The van der Waals surface area contributed by atoms with Crippen LogP contribution in [-0.4, -0.2) is 16.0 Å². The van der Waals surface area contributed by atoms with Crippen LogP contribution >= 0.6 is 11.3 Å². The molecule has 0 saturated heterocycles. The molecule has 2 aromatic heterocycles. The molecular formula is C16H23N3OS. The van der Waals surface area contributed by atoms with Crippen molar-refractivity contribution < 1.29 is 0 Å². The maximum atomic E-state index is 12.5. The molecule has 0 aromatic carbocycles. The number of aryl methyl sites for hydroxylation is 1. The number of hydrogen-bond acceptors (Lipinski definition) is 4. The van der Waals surface area contributed by atoms with Gasteiger partial charge in [-0.15, -0.1) is 11.3 Å². The minimum Gasteiger partial charge on any atom is -0.309 e. The fourth-order valence-electron chi connectivity index (χ4n) is 3.15. The minimum absolute atomic E-state index is 0.0273. The van der Waals surface area contributed by atoms with E-state index < -0.39 is 0 Å². The Kier molecular flexibility index (Phi) is 3.88. The second-order valence-electron chi connectivity index (χ2n) is 6.53. The Morgan fingerprint density at radius 1 is 1.38 bits per heavy atom. The molecule has 0 radical (unpaired) electrons. The van der Waals surface area contributed by atoms with Gasteiger partial charge in [0.05, 0.1) is 11.4 Å². The second kappa shape index (κ2) is 5.54. The summed E-state index contributed by atoms with van der Waals surface area (Å²) in [5.41, 5.74) is 1.28. The van der Waals surface area contributed by atoms with E-state index in [9.17, 15) is 4.79 Å². The first kappa shape index (κ1) is 14.7. The Morgan fingerprint density at radius 3 is 2.86 bits per heavy atom. The molecule has 0 amide bonds. The van der Waals surface area contributed by atoms with Gasteiger partial charge in [0.25, 0.3) is 5.56 Å². The summed E-state index contributed by atoms with van der Waals surface area (Å²) >= 11 is 1.71. The molecule has 2 heterocycles. The van der Waals surface area contributed by atoms with Crippen LogP contribution in [-0.2, 0) is 12.8 Å². The molecule has 0 unspecified atom stereocenters. The number of thiophene rings is 1. The van der Waals surface area contributed by atoms with Crippen LogP contribution in [0.4, 0.5) is 0 Å². The Labute approximate surface area is 129 Å². The van der Waals surface area contributed by atoms with Crippen LogP contribution in [0.15, 0.2) is 4.79 Å². The molecule has 2 N–H and O–H groups in total. The second-order valence-corrected chi connectivity index (χ2v) is 7.61. The summed E-state index contributed by atoms with van der Waals surface area (Å²) in [4.78, 5) is 22.5. The van der Waals surface area contributed by atoms with E-state index >= 15 is 0 Å². The van der Waals surface area contributed by atoms with Crippen molar-refractivity contribution in [2.24, 2.45) is 5.92 Å². The van der Waals surface area contributed by atoms with Crippen LogP contribution in [0.2, 0.25) is 0 Å². The largest absolute Gasteiger partial charge is 0.309 e. The highest BCUT2D eigenvalue weighted by Gasteiger charge is 2.23. The lowest BCUT2D eigenvalue weighted by atomic mass is 9.89. The summed E-state index contributed by atoms with van der Waals surface area (Å²) in [6.07, 6.45) is 3.27. The summed E-state index contributed by atoms with van der Waals surface area (Å²) in [6, 6.07) is 0.415. The number of aromatic nitrogens is 2. The van der Waals surface area contributed by atoms with E-state index in [0.717, 1.165) is 28.9 Å². The summed E-state index contributed by atoms with van der Waals surface area (Å²) < 4.78 is 0. The van der Waals surface area contributed by atoms with Crippen molar-refractivity contribution in [3.8, 4) is 0 Å². The number of nitrogens with zero attached hydrogens (tertiary/aromatic N) is 1. The monoisotopic (exact) mass is 305 g/mol. The molecule has 0 aliphatic heterocycles. The number of rotatable bonds is 3. The van der Waals surface area contributed by atoms with Gasteiger partial charge < -0.3 is 10.3 Å². The Hall–Kier alpha value is -1.20. The zero-order valence-corrected chi connectivity index (χ0v) is 13.9. The van der Waals surface area contributed by atoms with Crippen molar-refractivity contribution >= 4 is 21.6 Å². The van der Waals surface area contributed by atoms with E-state index in [1.807, 2.05) is 6.92 Å². The maximum absolute atomic E-state index is 12.5. The van der Waals surface area contributed by atoms with Gasteiger partial charge in [-0.2, -0.15) is 0 Å². The summed E-state index contributed by atoms with van der Waals surface area (Å²) in [5, 5.41) is 4.23. The zero-order valence-electron chi connectivity index (χ0n) is 13.1. The van der Waals surface area contributed by atoms with E-state index in [1.54, 1.807) is 11.3 Å². The Bertz CT molecular complexity index is 716. The van der Waals surface area contributed by atoms with Gasteiger partial charge in [0, 0.05) is 10.9 Å². The van der Waals surface area contributed by atoms with Crippen molar-refractivity contribution in [3.63, 3.8) is 0 Å². The first-order valence-electron chi connectivity index (χ1n) is 7.76. The standard InChI is InChI=1S/C16H23N3OS/c1-8(2)17-10(4)14-18-15(20)13-11-6-5-9(3)7-12(11)21-16(13)19-14/h8-10,17H,5-7H2,1-4H3,(H,18,19,20)/t9-,10-/m0/s1. The van der Waals surface area contributed by atoms with Crippen molar-refractivity contribution in [1.29, 1.82) is 0 Å². The molecule has 3 rings (SSSR count). The van der Waals surface area contributed by atoms with Crippen molar-refractivity contribution in [2.75, 3.05) is 0 Å². The lowest BCUT2D eigenvalue weighted by molar-refractivity contribution is 0.487. The summed E-state index contributed by atoms with van der Waals surface area (Å²) in [6.45, 7) is 8.52. The molecule has 0 bridgehead atoms. The highest BCUT2D eigenvalue weighted by molar-refractivity contribution is 7.18. The first-order valence-corrected chi connectivity index (χ1v) is 8.58. The topological polar surface area (TPSA) is 57.8 Å². The van der Waals surface area contributed by atoms with E-state index in [-0.39, 0.29) is 11.6 Å². The lowest BCUT2D eigenvalue weighted by Crippen LogP contribution is -2.29.